The number of benzene rings is 1. The standard InChI is InChI=1S/C14H17Cl2NO4S/c1-8-3-9(2)7-17(6-8)22(20,21)10-4-11(14(18)19)13(16)12(15)5-10/h4-5,8-9H,3,6-7H2,1-2H3,(H,18,19)/t8-,9+. The molecule has 0 radical (unpaired) electrons. The van der Waals surface area contributed by atoms with E-state index in [0.29, 0.717) is 13.1 Å². The first-order valence-electron chi connectivity index (χ1n) is 6.85. The maximum Gasteiger partial charge on any atom is 0.337 e. The first-order chi connectivity index (χ1) is 10.1. The number of carboxylic acids is 1. The van der Waals surface area contributed by atoms with Crippen LogP contribution in [-0.4, -0.2) is 36.9 Å². The summed E-state index contributed by atoms with van der Waals surface area (Å²) in [7, 11) is -3.80. The summed E-state index contributed by atoms with van der Waals surface area (Å²) in [6.07, 6.45) is 0.966. The van der Waals surface area contributed by atoms with Gasteiger partial charge in [0, 0.05) is 13.1 Å². The van der Waals surface area contributed by atoms with Crippen LogP contribution in [0, 0.1) is 11.8 Å². The smallest absolute Gasteiger partial charge is 0.337 e. The lowest BCUT2D eigenvalue weighted by Gasteiger charge is -2.34. The van der Waals surface area contributed by atoms with E-state index in [-0.39, 0.29) is 32.3 Å². The number of carbonyl (C=O) groups is 1. The first kappa shape index (κ1) is 17.5. The van der Waals surface area contributed by atoms with Crippen LogP contribution in [0.15, 0.2) is 17.0 Å². The fraction of sp³-hybridized carbons (Fsp3) is 0.500. The number of rotatable bonds is 3. The lowest BCUT2D eigenvalue weighted by Crippen LogP contribution is -2.42. The molecule has 1 aliphatic rings. The zero-order valence-corrected chi connectivity index (χ0v) is 14.5. The van der Waals surface area contributed by atoms with Gasteiger partial charge in [-0.25, -0.2) is 13.2 Å². The van der Waals surface area contributed by atoms with Gasteiger partial charge < -0.3 is 5.11 Å². The molecule has 0 spiro atoms. The summed E-state index contributed by atoms with van der Waals surface area (Å²) in [6.45, 7) is 4.82. The van der Waals surface area contributed by atoms with E-state index >= 15 is 0 Å². The lowest BCUT2D eigenvalue weighted by molar-refractivity contribution is 0.0697. The summed E-state index contributed by atoms with van der Waals surface area (Å²) in [5.74, 6) is -0.815. The van der Waals surface area contributed by atoms with E-state index in [1.807, 2.05) is 13.8 Å². The Morgan fingerprint density at radius 2 is 1.77 bits per heavy atom. The SMILES string of the molecule is C[C@@H]1C[C@H](C)CN(S(=O)(=O)c2cc(Cl)c(Cl)c(C(=O)O)c2)C1. The number of aromatic carboxylic acids is 1. The van der Waals surface area contributed by atoms with E-state index in [1.54, 1.807) is 0 Å². The van der Waals surface area contributed by atoms with Gasteiger partial charge >= 0.3 is 5.97 Å². The highest BCUT2D eigenvalue weighted by Gasteiger charge is 2.32. The topological polar surface area (TPSA) is 74.7 Å². The fourth-order valence-electron chi connectivity index (χ4n) is 2.82. The second-order valence-electron chi connectivity index (χ2n) is 5.84. The summed E-state index contributed by atoms with van der Waals surface area (Å²) >= 11 is 11.7. The van der Waals surface area contributed by atoms with Crippen molar-refractivity contribution in [2.45, 2.75) is 25.2 Å². The molecule has 8 heteroatoms. The molecule has 1 saturated heterocycles. The molecule has 0 unspecified atom stereocenters. The molecular formula is C14H17Cl2NO4S. The van der Waals surface area contributed by atoms with Crippen LogP contribution in [0.2, 0.25) is 10.0 Å². The number of carboxylic acid groups (broad SMARTS) is 1. The second-order valence-corrected chi connectivity index (χ2v) is 8.56. The Balaban J connectivity index is 2.48. The molecule has 1 N–H and O–H groups in total. The highest BCUT2D eigenvalue weighted by Crippen LogP contribution is 2.32. The minimum Gasteiger partial charge on any atom is -0.478 e. The van der Waals surface area contributed by atoms with Gasteiger partial charge in [0.25, 0.3) is 0 Å². The van der Waals surface area contributed by atoms with E-state index in [4.69, 9.17) is 28.3 Å². The van der Waals surface area contributed by atoms with Crippen molar-refractivity contribution in [1.82, 2.24) is 4.31 Å². The molecule has 22 heavy (non-hydrogen) atoms. The third-order valence-electron chi connectivity index (χ3n) is 3.71. The van der Waals surface area contributed by atoms with Gasteiger partial charge in [-0.05, 0) is 30.4 Å². The maximum absolute atomic E-state index is 12.7. The molecule has 2 atom stereocenters. The molecule has 1 aliphatic heterocycles. The van der Waals surface area contributed by atoms with Crippen molar-refractivity contribution in [2.24, 2.45) is 11.8 Å². The van der Waals surface area contributed by atoms with E-state index < -0.39 is 16.0 Å². The van der Waals surface area contributed by atoms with Gasteiger partial charge in [-0.15, -0.1) is 0 Å². The first-order valence-corrected chi connectivity index (χ1v) is 9.05. The van der Waals surface area contributed by atoms with Gasteiger partial charge in [0.15, 0.2) is 0 Å². The van der Waals surface area contributed by atoms with Crippen molar-refractivity contribution in [3.8, 4) is 0 Å². The van der Waals surface area contributed by atoms with Crippen LogP contribution in [-0.2, 0) is 10.0 Å². The minimum atomic E-state index is -3.80. The summed E-state index contributed by atoms with van der Waals surface area (Å²) in [6, 6.07) is 2.27. The largest absolute Gasteiger partial charge is 0.478 e. The zero-order valence-electron chi connectivity index (χ0n) is 12.2. The Labute approximate surface area is 139 Å². The predicted octanol–water partition coefficient (Wildman–Crippen LogP) is 3.36. The predicted molar refractivity (Wildman–Crippen MR) is 85.1 cm³/mol. The van der Waals surface area contributed by atoms with Gasteiger partial charge in [0.1, 0.15) is 0 Å². The summed E-state index contributed by atoms with van der Waals surface area (Å²) in [5, 5.41) is 8.88. The number of nitrogens with zero attached hydrogens (tertiary/aromatic N) is 1. The molecule has 0 bridgehead atoms. The molecule has 0 saturated carbocycles. The maximum atomic E-state index is 12.7. The Hall–Kier alpha value is -0.820. The highest BCUT2D eigenvalue weighted by molar-refractivity contribution is 7.89. The van der Waals surface area contributed by atoms with Crippen molar-refractivity contribution >= 4 is 39.2 Å². The highest BCUT2D eigenvalue weighted by atomic mass is 35.5. The molecule has 5 nitrogen and oxygen atoms in total. The number of sulfonamides is 1. The van der Waals surface area contributed by atoms with Crippen LogP contribution >= 0.6 is 23.2 Å². The van der Waals surface area contributed by atoms with E-state index in [9.17, 15) is 13.2 Å². The van der Waals surface area contributed by atoms with Crippen LogP contribution in [0.4, 0.5) is 0 Å². The Kier molecular flexibility index (Phi) is 5.06. The van der Waals surface area contributed by atoms with Crippen molar-refractivity contribution in [3.63, 3.8) is 0 Å². The third-order valence-corrected chi connectivity index (χ3v) is 6.32. The average molecular weight is 366 g/mol. The molecule has 1 aromatic carbocycles. The number of hydrogen-bond acceptors (Lipinski definition) is 3. The molecule has 0 amide bonds. The zero-order chi connectivity index (χ0) is 16.7. The van der Waals surface area contributed by atoms with E-state index in [0.717, 1.165) is 12.5 Å². The average Bonchev–Trinajstić information content (AvgIpc) is 2.40. The van der Waals surface area contributed by atoms with Gasteiger partial charge in [-0.2, -0.15) is 4.31 Å². The molecule has 122 valence electrons. The van der Waals surface area contributed by atoms with Crippen LogP contribution in [0.3, 0.4) is 0 Å². The fourth-order valence-corrected chi connectivity index (χ4v) is 5.03. The molecule has 2 rings (SSSR count). The molecule has 1 aromatic rings. The van der Waals surface area contributed by atoms with Crippen molar-refractivity contribution in [2.75, 3.05) is 13.1 Å². The summed E-state index contributed by atoms with van der Waals surface area (Å²) in [5.41, 5.74) is -0.314. The Morgan fingerprint density at radius 1 is 1.23 bits per heavy atom. The summed E-state index contributed by atoms with van der Waals surface area (Å²) < 4.78 is 26.9. The van der Waals surface area contributed by atoms with Crippen LogP contribution in [0.1, 0.15) is 30.6 Å². The molecule has 1 fully saturated rings. The number of piperidine rings is 1. The minimum absolute atomic E-state index is 0.0850. The van der Waals surface area contributed by atoms with Crippen molar-refractivity contribution in [1.29, 1.82) is 0 Å². The second kappa shape index (κ2) is 6.35. The van der Waals surface area contributed by atoms with E-state index in [1.165, 1.54) is 10.4 Å². The third kappa shape index (κ3) is 3.40. The van der Waals surface area contributed by atoms with Crippen molar-refractivity contribution < 1.29 is 18.3 Å². The van der Waals surface area contributed by atoms with Gasteiger partial charge in [-0.1, -0.05) is 37.0 Å². The van der Waals surface area contributed by atoms with Gasteiger partial charge in [0.2, 0.25) is 10.0 Å². The molecule has 0 aliphatic carbocycles. The summed E-state index contributed by atoms with van der Waals surface area (Å²) in [4.78, 5) is 11.0. The van der Waals surface area contributed by atoms with Crippen molar-refractivity contribution in [3.05, 3.63) is 27.7 Å². The van der Waals surface area contributed by atoms with Gasteiger partial charge in [-0.3, -0.25) is 0 Å². The van der Waals surface area contributed by atoms with Crippen LogP contribution < -0.4 is 0 Å². The quantitative estimate of drug-likeness (QED) is 0.890. The molecule has 1 heterocycles. The normalized spacial score (nSPS) is 23.5. The Bertz CT molecular complexity index is 695. The van der Waals surface area contributed by atoms with Gasteiger partial charge in [0.05, 0.1) is 20.5 Å². The lowest BCUT2D eigenvalue weighted by atomic mass is 9.94. The van der Waals surface area contributed by atoms with Crippen LogP contribution in [0.5, 0.6) is 0 Å². The van der Waals surface area contributed by atoms with E-state index in [2.05, 4.69) is 0 Å². The molecule has 0 aromatic heterocycles. The monoisotopic (exact) mass is 365 g/mol. The van der Waals surface area contributed by atoms with Crippen LogP contribution in [0.25, 0.3) is 0 Å². The number of hydrogen-bond donors (Lipinski definition) is 1. The molecular weight excluding hydrogens is 349 g/mol. The number of halogens is 2. The Morgan fingerprint density at radius 3 is 2.27 bits per heavy atom.